The molecule has 4 aromatic rings. The van der Waals surface area contributed by atoms with Crippen molar-refractivity contribution in [1.29, 1.82) is 0 Å². The first-order valence-electron chi connectivity index (χ1n) is 7.35. The molecule has 0 aliphatic carbocycles. The smallest absolute Gasteiger partial charge is 0.343 e. The Morgan fingerprint density at radius 3 is 2.25 bits per heavy atom. The number of esters is 1. The minimum atomic E-state index is -0.550. The van der Waals surface area contributed by atoms with Crippen LogP contribution in [0.25, 0.3) is 21.9 Å². The summed E-state index contributed by atoms with van der Waals surface area (Å²) in [5, 5.41) is 1.22. The van der Waals surface area contributed by atoms with E-state index in [0.29, 0.717) is 27.5 Å². The van der Waals surface area contributed by atoms with E-state index in [1.165, 1.54) is 19.5 Å². The first-order chi connectivity index (χ1) is 11.7. The van der Waals surface area contributed by atoms with Crippen LogP contribution in [0, 0.1) is 0 Å². The number of carbonyl (C=O) groups is 2. The second-order valence-electron chi connectivity index (χ2n) is 5.34. The van der Waals surface area contributed by atoms with E-state index < -0.39 is 5.97 Å². The Labute approximate surface area is 136 Å². The Bertz CT molecular complexity index is 1070. The maximum absolute atomic E-state index is 12.4. The van der Waals surface area contributed by atoms with Crippen molar-refractivity contribution in [2.45, 2.75) is 6.92 Å². The van der Waals surface area contributed by atoms with Crippen LogP contribution in [0.4, 0.5) is 0 Å². The van der Waals surface area contributed by atoms with Gasteiger partial charge in [-0.2, -0.15) is 0 Å². The van der Waals surface area contributed by atoms with E-state index in [4.69, 9.17) is 13.6 Å². The lowest BCUT2D eigenvalue weighted by Gasteiger charge is -2.10. The maximum Gasteiger partial charge on any atom is 0.343 e. The highest BCUT2D eigenvalue weighted by atomic mass is 16.5. The number of Topliss-reactive ketones (excluding diaryl/α,β-unsaturated/α-hetero) is 1. The summed E-state index contributed by atoms with van der Waals surface area (Å²) in [5.41, 5.74) is 1.48. The number of carbonyl (C=O) groups excluding carboxylic acids is 2. The van der Waals surface area contributed by atoms with Gasteiger partial charge in [0.2, 0.25) is 0 Å². The lowest BCUT2D eigenvalue weighted by molar-refractivity contribution is 0.0735. The molecule has 0 atom stereocenters. The molecule has 0 spiro atoms. The van der Waals surface area contributed by atoms with Crippen molar-refractivity contribution in [3.8, 4) is 5.75 Å². The molecular weight excluding hydrogens is 308 g/mol. The number of hydrogen-bond donors (Lipinski definition) is 0. The number of fused-ring (bicyclic) bond motifs is 3. The highest BCUT2D eigenvalue weighted by Gasteiger charge is 2.25. The van der Waals surface area contributed by atoms with Crippen molar-refractivity contribution in [1.82, 2.24) is 0 Å². The third kappa shape index (κ3) is 2.10. The van der Waals surface area contributed by atoms with Crippen LogP contribution in [0.5, 0.6) is 5.75 Å². The van der Waals surface area contributed by atoms with Gasteiger partial charge >= 0.3 is 5.97 Å². The Balaban J connectivity index is 1.95. The van der Waals surface area contributed by atoms with Crippen LogP contribution < -0.4 is 4.74 Å². The lowest BCUT2D eigenvalue weighted by atomic mass is 10.0. The molecule has 0 aliphatic rings. The summed E-state index contributed by atoms with van der Waals surface area (Å²) in [6.45, 7) is 1.41. The Morgan fingerprint density at radius 2 is 1.54 bits per heavy atom. The maximum atomic E-state index is 12.4. The van der Waals surface area contributed by atoms with E-state index in [-0.39, 0.29) is 17.1 Å². The monoisotopic (exact) mass is 320 g/mol. The molecule has 0 radical (unpaired) electrons. The molecular formula is C19H12O5. The summed E-state index contributed by atoms with van der Waals surface area (Å²) in [6, 6.07) is 12.0. The Hall–Kier alpha value is -3.34. The van der Waals surface area contributed by atoms with E-state index in [1.807, 2.05) is 0 Å². The van der Waals surface area contributed by atoms with Crippen molar-refractivity contribution in [2.75, 3.05) is 0 Å². The Kier molecular flexibility index (Phi) is 3.20. The van der Waals surface area contributed by atoms with E-state index in [2.05, 4.69) is 0 Å². The van der Waals surface area contributed by atoms with Crippen molar-refractivity contribution in [2.24, 2.45) is 0 Å². The zero-order valence-corrected chi connectivity index (χ0v) is 12.7. The van der Waals surface area contributed by atoms with Crippen molar-refractivity contribution < 1.29 is 23.2 Å². The van der Waals surface area contributed by atoms with Gasteiger partial charge in [-0.1, -0.05) is 18.2 Å². The number of hydrogen-bond acceptors (Lipinski definition) is 5. The van der Waals surface area contributed by atoms with Gasteiger partial charge in [0, 0.05) is 0 Å². The van der Waals surface area contributed by atoms with Gasteiger partial charge in [0.05, 0.1) is 28.9 Å². The topological polar surface area (TPSA) is 69.7 Å². The van der Waals surface area contributed by atoms with E-state index in [0.717, 1.165) is 0 Å². The Morgan fingerprint density at radius 1 is 0.875 bits per heavy atom. The number of rotatable bonds is 3. The minimum absolute atomic E-state index is 0.155. The number of benzene rings is 2. The van der Waals surface area contributed by atoms with Gasteiger partial charge in [-0.25, -0.2) is 4.79 Å². The minimum Gasteiger partial charge on any atom is -0.463 e. The van der Waals surface area contributed by atoms with Gasteiger partial charge in [-0.3, -0.25) is 4.79 Å². The molecule has 0 amide bonds. The average Bonchev–Trinajstić information content (AvgIpc) is 3.23. The molecule has 0 unspecified atom stereocenters. The summed E-state index contributed by atoms with van der Waals surface area (Å²) in [4.78, 5) is 24.6. The number of ether oxygens (including phenoxy) is 1. The van der Waals surface area contributed by atoms with Gasteiger partial charge in [0.15, 0.2) is 17.1 Å². The highest BCUT2D eigenvalue weighted by molar-refractivity contribution is 6.18. The summed E-state index contributed by atoms with van der Waals surface area (Å²) < 4.78 is 16.5. The number of furan rings is 2. The molecule has 0 aliphatic heterocycles. The summed E-state index contributed by atoms with van der Waals surface area (Å²) >= 11 is 0. The molecule has 24 heavy (non-hydrogen) atoms. The molecule has 0 saturated carbocycles. The number of ketones is 1. The lowest BCUT2D eigenvalue weighted by Crippen LogP contribution is -2.11. The van der Waals surface area contributed by atoms with Crippen LogP contribution in [-0.4, -0.2) is 11.8 Å². The van der Waals surface area contributed by atoms with Gasteiger partial charge in [0.1, 0.15) is 11.1 Å². The predicted molar refractivity (Wildman–Crippen MR) is 87.4 cm³/mol. The molecule has 5 heteroatoms. The third-order valence-electron chi connectivity index (χ3n) is 3.83. The fourth-order valence-corrected chi connectivity index (χ4v) is 2.77. The predicted octanol–water partition coefficient (Wildman–Crippen LogP) is 4.60. The molecule has 0 N–H and O–H groups in total. The van der Waals surface area contributed by atoms with E-state index >= 15 is 0 Å². The molecule has 5 nitrogen and oxygen atoms in total. The van der Waals surface area contributed by atoms with Crippen molar-refractivity contribution in [3.05, 3.63) is 66.1 Å². The highest BCUT2D eigenvalue weighted by Crippen LogP contribution is 2.39. The molecule has 2 aromatic heterocycles. The molecule has 2 heterocycles. The van der Waals surface area contributed by atoms with Crippen LogP contribution in [0.3, 0.4) is 0 Å². The summed E-state index contributed by atoms with van der Waals surface area (Å²) in [5.74, 6) is -0.650. The standard InChI is InChI=1S/C19H12O5/c1-11(20)15-17-13(7-10-23-17)16-14(8-9-22-16)18(15)24-19(21)12-5-3-2-4-6-12/h2-10H,1H3. The SMILES string of the molecule is CC(=O)c1c(OC(=O)c2ccccc2)c2ccoc2c2ccoc12. The van der Waals surface area contributed by atoms with Gasteiger partial charge in [-0.15, -0.1) is 0 Å². The van der Waals surface area contributed by atoms with Crippen LogP contribution in [0.1, 0.15) is 27.6 Å². The normalized spacial score (nSPS) is 11.0. The van der Waals surface area contributed by atoms with Crippen LogP contribution in [0.2, 0.25) is 0 Å². The summed E-state index contributed by atoms with van der Waals surface area (Å²) in [7, 11) is 0. The summed E-state index contributed by atoms with van der Waals surface area (Å²) in [6.07, 6.45) is 2.96. The fraction of sp³-hybridized carbons (Fsp3) is 0.0526. The quantitative estimate of drug-likeness (QED) is 0.313. The van der Waals surface area contributed by atoms with E-state index in [1.54, 1.807) is 42.5 Å². The van der Waals surface area contributed by atoms with Crippen molar-refractivity contribution in [3.63, 3.8) is 0 Å². The van der Waals surface area contributed by atoms with Crippen LogP contribution in [0.15, 0.2) is 63.8 Å². The first-order valence-corrected chi connectivity index (χ1v) is 7.35. The first kappa shape index (κ1) is 14.3. The van der Waals surface area contributed by atoms with Gasteiger partial charge < -0.3 is 13.6 Å². The molecule has 0 saturated heterocycles. The average molecular weight is 320 g/mol. The second-order valence-corrected chi connectivity index (χ2v) is 5.34. The molecule has 2 aromatic carbocycles. The molecule has 4 rings (SSSR count). The second kappa shape index (κ2) is 5.38. The third-order valence-corrected chi connectivity index (χ3v) is 3.83. The molecule has 118 valence electrons. The molecule has 0 bridgehead atoms. The zero-order chi connectivity index (χ0) is 16.7. The fourth-order valence-electron chi connectivity index (χ4n) is 2.77. The van der Waals surface area contributed by atoms with E-state index in [9.17, 15) is 9.59 Å². The van der Waals surface area contributed by atoms with Crippen molar-refractivity contribution >= 4 is 33.7 Å². The molecule has 0 fully saturated rings. The van der Waals surface area contributed by atoms with Crippen LogP contribution >= 0.6 is 0 Å². The van der Waals surface area contributed by atoms with Gasteiger partial charge in [0.25, 0.3) is 0 Å². The van der Waals surface area contributed by atoms with Crippen LogP contribution in [-0.2, 0) is 0 Å². The van der Waals surface area contributed by atoms with Gasteiger partial charge in [-0.05, 0) is 31.2 Å². The largest absolute Gasteiger partial charge is 0.463 e. The zero-order valence-electron chi connectivity index (χ0n) is 12.7.